The predicted octanol–water partition coefficient (Wildman–Crippen LogP) is 5.01. The molecule has 2 aromatic rings. The van der Waals surface area contributed by atoms with Crippen molar-refractivity contribution in [1.82, 2.24) is 15.1 Å². The van der Waals surface area contributed by atoms with Crippen LogP contribution in [0, 0.1) is 5.92 Å². The topological polar surface area (TPSA) is 39.1 Å². The maximum absolute atomic E-state index is 6.10. The highest BCUT2D eigenvalue weighted by Gasteiger charge is 2.26. The maximum Gasteiger partial charge on any atom is 0.212 e. The molecule has 0 spiro atoms. The van der Waals surface area contributed by atoms with E-state index in [1.807, 2.05) is 37.4 Å². The molecule has 6 heteroatoms. The molecule has 1 aromatic carbocycles. The maximum atomic E-state index is 6.10. The summed E-state index contributed by atoms with van der Waals surface area (Å²) in [5, 5.41) is 8.68. The van der Waals surface area contributed by atoms with Crippen LogP contribution in [0.3, 0.4) is 0 Å². The van der Waals surface area contributed by atoms with Gasteiger partial charge in [0.25, 0.3) is 0 Å². The Bertz CT molecular complexity index is 668. The highest BCUT2D eigenvalue weighted by Crippen LogP contribution is 2.36. The number of nitrogens with one attached hydrogen (secondary N) is 1. The molecule has 1 saturated carbocycles. The number of benzene rings is 1. The first-order valence-corrected chi connectivity index (χ1v) is 9.15. The van der Waals surface area contributed by atoms with Gasteiger partial charge in [-0.2, -0.15) is 5.10 Å². The molecule has 0 bridgehead atoms. The van der Waals surface area contributed by atoms with Gasteiger partial charge in [-0.05, 0) is 50.4 Å². The summed E-state index contributed by atoms with van der Waals surface area (Å²) in [7, 11) is 1.94. The monoisotopic (exact) mass is 383 g/mol. The molecule has 0 radical (unpaired) electrons. The Kier molecular flexibility index (Phi) is 7.60. The SMILES string of the molecule is CNCc1cc(OCc2cccc(Cl)c2)n(C(C)C2CCCC2)n1.Cl. The van der Waals surface area contributed by atoms with Crippen LogP contribution in [0.5, 0.6) is 5.88 Å². The van der Waals surface area contributed by atoms with Crippen LogP contribution in [0.4, 0.5) is 0 Å². The number of hydrogen-bond donors (Lipinski definition) is 1. The largest absolute Gasteiger partial charge is 0.473 e. The predicted molar refractivity (Wildman–Crippen MR) is 105 cm³/mol. The fraction of sp³-hybridized carbons (Fsp3) is 0.526. The summed E-state index contributed by atoms with van der Waals surface area (Å²) in [6, 6.07) is 10.2. The van der Waals surface area contributed by atoms with E-state index in [1.165, 1.54) is 25.7 Å². The minimum absolute atomic E-state index is 0. The summed E-state index contributed by atoms with van der Waals surface area (Å²) >= 11 is 6.06. The summed E-state index contributed by atoms with van der Waals surface area (Å²) < 4.78 is 8.18. The van der Waals surface area contributed by atoms with Crippen molar-refractivity contribution in [2.24, 2.45) is 5.92 Å². The van der Waals surface area contributed by atoms with E-state index in [2.05, 4.69) is 16.9 Å². The highest BCUT2D eigenvalue weighted by molar-refractivity contribution is 6.30. The van der Waals surface area contributed by atoms with Gasteiger partial charge in [-0.3, -0.25) is 0 Å². The molecule has 0 amide bonds. The van der Waals surface area contributed by atoms with E-state index in [9.17, 15) is 0 Å². The molecule has 1 N–H and O–H groups in total. The van der Waals surface area contributed by atoms with Crippen molar-refractivity contribution in [3.63, 3.8) is 0 Å². The van der Waals surface area contributed by atoms with Crippen molar-refractivity contribution >= 4 is 24.0 Å². The number of halogens is 2. The molecule has 0 aliphatic heterocycles. The Balaban J connectivity index is 0.00000225. The van der Waals surface area contributed by atoms with E-state index in [0.29, 0.717) is 18.6 Å². The molecule has 0 saturated heterocycles. The molecular weight excluding hydrogens is 357 g/mol. The minimum Gasteiger partial charge on any atom is -0.473 e. The molecule has 25 heavy (non-hydrogen) atoms. The van der Waals surface area contributed by atoms with Crippen LogP contribution < -0.4 is 10.1 Å². The van der Waals surface area contributed by atoms with E-state index >= 15 is 0 Å². The quantitative estimate of drug-likeness (QED) is 0.730. The lowest BCUT2D eigenvalue weighted by atomic mass is 10.0. The number of nitrogens with zero attached hydrogens (tertiary/aromatic N) is 2. The Hall–Kier alpha value is -1.23. The zero-order valence-corrected chi connectivity index (χ0v) is 16.4. The van der Waals surface area contributed by atoms with Gasteiger partial charge < -0.3 is 10.1 Å². The first-order valence-electron chi connectivity index (χ1n) is 8.77. The zero-order valence-electron chi connectivity index (χ0n) is 14.9. The Labute approximate surface area is 161 Å². The fourth-order valence-corrected chi connectivity index (χ4v) is 3.73. The van der Waals surface area contributed by atoms with E-state index in [4.69, 9.17) is 21.4 Å². The first-order chi connectivity index (χ1) is 11.7. The molecule has 1 fully saturated rings. The summed E-state index contributed by atoms with van der Waals surface area (Å²) in [5.74, 6) is 1.54. The molecule has 1 unspecified atom stereocenters. The van der Waals surface area contributed by atoms with Crippen LogP contribution in [-0.4, -0.2) is 16.8 Å². The Morgan fingerprint density at radius 3 is 2.76 bits per heavy atom. The second-order valence-electron chi connectivity index (χ2n) is 6.65. The third-order valence-corrected chi connectivity index (χ3v) is 5.09. The normalized spacial score (nSPS) is 15.8. The van der Waals surface area contributed by atoms with Gasteiger partial charge in [-0.1, -0.05) is 36.6 Å². The summed E-state index contributed by atoms with van der Waals surface area (Å²) in [6.45, 7) is 3.51. The van der Waals surface area contributed by atoms with Gasteiger partial charge >= 0.3 is 0 Å². The average Bonchev–Trinajstić information content (AvgIpc) is 3.23. The van der Waals surface area contributed by atoms with Crippen LogP contribution in [0.25, 0.3) is 0 Å². The highest BCUT2D eigenvalue weighted by atomic mass is 35.5. The molecular formula is C19H27Cl2N3O. The van der Waals surface area contributed by atoms with Crippen LogP contribution in [0.1, 0.15) is 49.9 Å². The van der Waals surface area contributed by atoms with Crippen LogP contribution in [0.2, 0.25) is 5.02 Å². The number of hydrogen-bond acceptors (Lipinski definition) is 3. The van der Waals surface area contributed by atoms with E-state index in [-0.39, 0.29) is 12.4 Å². The summed E-state index contributed by atoms with van der Waals surface area (Å²) in [6.07, 6.45) is 5.24. The van der Waals surface area contributed by atoms with Crippen molar-refractivity contribution < 1.29 is 4.74 Å². The van der Waals surface area contributed by atoms with Crippen LogP contribution >= 0.6 is 24.0 Å². The van der Waals surface area contributed by atoms with Crippen molar-refractivity contribution in [3.8, 4) is 5.88 Å². The van der Waals surface area contributed by atoms with Gasteiger partial charge in [0.05, 0.1) is 11.7 Å². The van der Waals surface area contributed by atoms with Crippen molar-refractivity contribution in [3.05, 3.63) is 46.6 Å². The van der Waals surface area contributed by atoms with Gasteiger partial charge in [0.1, 0.15) is 6.61 Å². The molecule has 1 aliphatic rings. The standard InChI is InChI=1S/C19H26ClN3O.ClH/c1-14(16-7-3-4-8-16)23-19(11-18(22-23)12-21-2)24-13-15-6-5-9-17(20)10-15;/h5-6,9-11,14,16,21H,3-4,7-8,12-13H2,1-2H3;1H. The molecule has 138 valence electrons. The smallest absolute Gasteiger partial charge is 0.212 e. The minimum atomic E-state index is 0. The van der Waals surface area contributed by atoms with Gasteiger partial charge in [0.2, 0.25) is 5.88 Å². The van der Waals surface area contributed by atoms with Gasteiger partial charge in [0.15, 0.2) is 0 Å². The van der Waals surface area contributed by atoms with Crippen molar-refractivity contribution in [1.29, 1.82) is 0 Å². The molecule has 1 heterocycles. The van der Waals surface area contributed by atoms with E-state index in [1.54, 1.807) is 0 Å². The molecule has 1 aliphatic carbocycles. The molecule has 1 aromatic heterocycles. The molecule has 3 rings (SSSR count). The molecule has 4 nitrogen and oxygen atoms in total. The first kappa shape index (κ1) is 20.1. The second-order valence-corrected chi connectivity index (χ2v) is 7.09. The Morgan fingerprint density at radius 1 is 1.32 bits per heavy atom. The lowest BCUT2D eigenvalue weighted by molar-refractivity contribution is 0.238. The molecule has 1 atom stereocenters. The van der Waals surface area contributed by atoms with Crippen LogP contribution in [0.15, 0.2) is 30.3 Å². The van der Waals surface area contributed by atoms with Gasteiger partial charge in [-0.15, -0.1) is 12.4 Å². The zero-order chi connectivity index (χ0) is 16.9. The Morgan fingerprint density at radius 2 is 2.08 bits per heavy atom. The third-order valence-electron chi connectivity index (χ3n) is 4.85. The fourth-order valence-electron chi connectivity index (χ4n) is 3.52. The van der Waals surface area contributed by atoms with Crippen LogP contribution in [-0.2, 0) is 13.2 Å². The number of aromatic nitrogens is 2. The second kappa shape index (κ2) is 9.46. The van der Waals surface area contributed by atoms with E-state index < -0.39 is 0 Å². The number of rotatable bonds is 7. The van der Waals surface area contributed by atoms with Crippen molar-refractivity contribution in [2.75, 3.05) is 7.05 Å². The third kappa shape index (κ3) is 5.13. The summed E-state index contributed by atoms with van der Waals surface area (Å²) in [5.41, 5.74) is 2.09. The van der Waals surface area contributed by atoms with Crippen molar-refractivity contribution in [2.45, 2.75) is 51.8 Å². The summed E-state index contributed by atoms with van der Waals surface area (Å²) in [4.78, 5) is 0. The van der Waals surface area contributed by atoms with Gasteiger partial charge in [0, 0.05) is 17.6 Å². The lowest BCUT2D eigenvalue weighted by Crippen LogP contribution is -2.17. The average molecular weight is 384 g/mol. The lowest BCUT2D eigenvalue weighted by Gasteiger charge is -2.21. The number of ether oxygens (including phenoxy) is 1. The van der Waals surface area contributed by atoms with Gasteiger partial charge in [-0.25, -0.2) is 4.68 Å². The van der Waals surface area contributed by atoms with E-state index in [0.717, 1.165) is 28.7 Å².